The Morgan fingerprint density at radius 2 is 2.07 bits per heavy atom. The molecule has 2 nitrogen and oxygen atoms in total. The van der Waals surface area contributed by atoms with E-state index in [1.54, 1.807) is 0 Å². The van der Waals surface area contributed by atoms with Gasteiger partial charge in [0.05, 0.1) is 13.2 Å². The Balaban J connectivity index is 2.39. The van der Waals surface area contributed by atoms with Crippen molar-refractivity contribution in [2.75, 3.05) is 6.61 Å². The predicted octanol–water partition coefficient (Wildman–Crippen LogP) is 1.95. The molecule has 14 heavy (non-hydrogen) atoms. The third-order valence-corrected chi connectivity index (χ3v) is 2.72. The summed E-state index contributed by atoms with van der Waals surface area (Å²) in [6, 6.07) is 6.46. The summed E-state index contributed by atoms with van der Waals surface area (Å²) in [4.78, 5) is 0. The molecule has 0 radical (unpaired) electrons. The van der Waals surface area contributed by atoms with Crippen LogP contribution in [-0.2, 0) is 23.3 Å². The van der Waals surface area contributed by atoms with E-state index >= 15 is 0 Å². The van der Waals surface area contributed by atoms with Gasteiger partial charge in [-0.1, -0.05) is 18.2 Å². The maximum atomic E-state index is 6.06. The van der Waals surface area contributed by atoms with Crippen molar-refractivity contribution in [3.05, 3.63) is 34.9 Å². The molecule has 0 saturated heterocycles. The van der Waals surface area contributed by atoms with E-state index < -0.39 is 0 Å². The Morgan fingerprint density at radius 1 is 1.29 bits per heavy atom. The molecule has 0 atom stereocenters. The molecule has 2 N–H and O–H groups in total. The van der Waals surface area contributed by atoms with Crippen LogP contribution in [0.2, 0.25) is 0 Å². The number of hydrogen-bond acceptors (Lipinski definition) is 2. The highest BCUT2D eigenvalue weighted by Crippen LogP contribution is 2.23. The summed E-state index contributed by atoms with van der Waals surface area (Å²) >= 11 is 0. The van der Waals surface area contributed by atoms with Gasteiger partial charge in [-0.3, -0.25) is 0 Å². The van der Waals surface area contributed by atoms with Crippen molar-refractivity contribution in [2.24, 2.45) is 5.73 Å². The van der Waals surface area contributed by atoms with E-state index in [9.17, 15) is 0 Å². The molecule has 0 amide bonds. The zero-order valence-corrected chi connectivity index (χ0v) is 8.84. The highest BCUT2D eigenvalue weighted by molar-refractivity contribution is 5.35. The lowest BCUT2D eigenvalue weighted by molar-refractivity contribution is 0.110. The van der Waals surface area contributed by atoms with Crippen molar-refractivity contribution in [3.63, 3.8) is 0 Å². The summed E-state index contributed by atoms with van der Waals surface area (Å²) in [7, 11) is 0. The highest BCUT2D eigenvalue weighted by atomic mass is 16.5. The molecular formula is C12H17NO. The summed E-state index contributed by atoms with van der Waals surface area (Å²) in [5, 5.41) is 0. The number of nitrogens with two attached hydrogens (primary N) is 1. The van der Waals surface area contributed by atoms with Crippen molar-refractivity contribution >= 4 is 0 Å². The van der Waals surface area contributed by atoms with Gasteiger partial charge >= 0.3 is 0 Å². The zero-order chi connectivity index (χ0) is 10.2. The van der Waals surface area contributed by atoms with Crippen molar-refractivity contribution in [1.82, 2.24) is 0 Å². The minimum absolute atomic E-state index is 0.243. The number of hydrogen-bond donors (Lipinski definition) is 1. The summed E-state index contributed by atoms with van der Waals surface area (Å²) in [6.45, 7) is 5.66. The molecule has 1 heterocycles. The molecule has 0 fully saturated rings. The summed E-state index contributed by atoms with van der Waals surface area (Å²) < 4.78 is 5.39. The van der Waals surface area contributed by atoms with Crippen LogP contribution < -0.4 is 5.73 Å². The lowest BCUT2D eigenvalue weighted by atomic mass is 9.91. The van der Waals surface area contributed by atoms with Crippen LogP contribution in [0.25, 0.3) is 0 Å². The topological polar surface area (TPSA) is 35.2 Å². The second-order valence-electron chi connectivity index (χ2n) is 4.51. The summed E-state index contributed by atoms with van der Waals surface area (Å²) in [6.07, 6.45) is 1.01. The lowest BCUT2D eigenvalue weighted by Gasteiger charge is -2.23. The van der Waals surface area contributed by atoms with Crippen LogP contribution in [0.4, 0.5) is 0 Å². The van der Waals surface area contributed by atoms with Crippen LogP contribution >= 0.6 is 0 Å². The fraction of sp³-hybridized carbons (Fsp3) is 0.500. The molecule has 1 aliphatic heterocycles. The Bertz CT molecular complexity index is 339. The monoisotopic (exact) mass is 191 g/mol. The van der Waals surface area contributed by atoms with E-state index in [1.165, 1.54) is 16.7 Å². The van der Waals surface area contributed by atoms with Gasteiger partial charge in [-0.2, -0.15) is 0 Å². The number of benzene rings is 1. The third kappa shape index (κ3) is 1.81. The highest BCUT2D eigenvalue weighted by Gasteiger charge is 2.17. The van der Waals surface area contributed by atoms with Gasteiger partial charge in [0.15, 0.2) is 0 Å². The molecule has 0 saturated carbocycles. The maximum Gasteiger partial charge on any atom is 0.0719 e. The van der Waals surface area contributed by atoms with Crippen LogP contribution in [-0.4, -0.2) is 6.61 Å². The summed E-state index contributed by atoms with van der Waals surface area (Å²) in [5.74, 6) is 0. The molecule has 2 heteroatoms. The third-order valence-electron chi connectivity index (χ3n) is 2.72. The first-order chi connectivity index (χ1) is 6.57. The van der Waals surface area contributed by atoms with Gasteiger partial charge in [-0.05, 0) is 37.0 Å². The molecule has 0 bridgehead atoms. The predicted molar refractivity (Wildman–Crippen MR) is 57.0 cm³/mol. The molecule has 2 rings (SSSR count). The standard InChI is InChI=1S/C12H17NO/c1-12(2,13)11-4-3-10-8-14-6-5-9(10)7-11/h3-4,7H,5-6,8,13H2,1-2H3. The number of ether oxygens (including phenoxy) is 1. The first kappa shape index (κ1) is 9.69. The van der Waals surface area contributed by atoms with E-state index in [1.807, 2.05) is 13.8 Å². The molecule has 76 valence electrons. The number of fused-ring (bicyclic) bond motifs is 1. The van der Waals surface area contributed by atoms with Crippen molar-refractivity contribution in [1.29, 1.82) is 0 Å². The molecule has 0 aromatic heterocycles. The van der Waals surface area contributed by atoms with E-state index in [0.29, 0.717) is 0 Å². The summed E-state index contributed by atoms with van der Waals surface area (Å²) in [5.41, 5.74) is 9.73. The van der Waals surface area contributed by atoms with Crippen LogP contribution in [0.1, 0.15) is 30.5 Å². The van der Waals surface area contributed by atoms with Crippen LogP contribution in [0.5, 0.6) is 0 Å². The van der Waals surface area contributed by atoms with Crippen LogP contribution in [0.15, 0.2) is 18.2 Å². The molecule has 0 aliphatic carbocycles. The van der Waals surface area contributed by atoms with Gasteiger partial charge < -0.3 is 10.5 Å². The minimum atomic E-state index is -0.243. The van der Waals surface area contributed by atoms with E-state index in [2.05, 4.69) is 18.2 Å². The Kier molecular flexibility index (Phi) is 2.33. The van der Waals surface area contributed by atoms with Gasteiger partial charge in [-0.15, -0.1) is 0 Å². The Labute approximate surface area is 85.1 Å². The Morgan fingerprint density at radius 3 is 2.79 bits per heavy atom. The first-order valence-corrected chi connectivity index (χ1v) is 5.06. The number of rotatable bonds is 1. The molecule has 1 aromatic carbocycles. The van der Waals surface area contributed by atoms with Crippen molar-refractivity contribution < 1.29 is 4.74 Å². The average molecular weight is 191 g/mol. The van der Waals surface area contributed by atoms with E-state index in [0.717, 1.165) is 19.6 Å². The molecule has 0 unspecified atom stereocenters. The van der Waals surface area contributed by atoms with Crippen LogP contribution in [0.3, 0.4) is 0 Å². The molecule has 0 spiro atoms. The van der Waals surface area contributed by atoms with Gasteiger partial charge in [0.25, 0.3) is 0 Å². The van der Waals surface area contributed by atoms with Crippen LogP contribution in [0, 0.1) is 0 Å². The SMILES string of the molecule is CC(C)(N)c1ccc2c(c1)CCOC2. The van der Waals surface area contributed by atoms with E-state index in [4.69, 9.17) is 10.5 Å². The fourth-order valence-corrected chi connectivity index (χ4v) is 1.76. The van der Waals surface area contributed by atoms with Crippen molar-refractivity contribution in [2.45, 2.75) is 32.4 Å². The first-order valence-electron chi connectivity index (χ1n) is 5.06. The van der Waals surface area contributed by atoms with E-state index in [-0.39, 0.29) is 5.54 Å². The second kappa shape index (κ2) is 3.37. The quantitative estimate of drug-likeness (QED) is 0.736. The van der Waals surface area contributed by atoms with Gasteiger partial charge in [-0.25, -0.2) is 0 Å². The van der Waals surface area contributed by atoms with Gasteiger partial charge in [0.1, 0.15) is 0 Å². The normalized spacial score (nSPS) is 16.5. The molecule has 1 aliphatic rings. The smallest absolute Gasteiger partial charge is 0.0719 e. The minimum Gasteiger partial charge on any atom is -0.376 e. The molecular weight excluding hydrogens is 174 g/mol. The molecule has 1 aromatic rings. The average Bonchev–Trinajstić information content (AvgIpc) is 2.16. The van der Waals surface area contributed by atoms with Gasteiger partial charge in [0.2, 0.25) is 0 Å². The van der Waals surface area contributed by atoms with Gasteiger partial charge in [0, 0.05) is 5.54 Å². The Hall–Kier alpha value is -0.860. The zero-order valence-electron chi connectivity index (χ0n) is 8.84. The second-order valence-corrected chi connectivity index (χ2v) is 4.51. The largest absolute Gasteiger partial charge is 0.376 e. The maximum absolute atomic E-state index is 6.06. The lowest BCUT2D eigenvalue weighted by Crippen LogP contribution is -2.29. The van der Waals surface area contributed by atoms with Crippen molar-refractivity contribution in [3.8, 4) is 0 Å². The fourth-order valence-electron chi connectivity index (χ4n) is 1.76.